The van der Waals surface area contributed by atoms with E-state index < -0.39 is 30.1 Å². The van der Waals surface area contributed by atoms with E-state index >= 15 is 0 Å². The van der Waals surface area contributed by atoms with Gasteiger partial charge < -0.3 is 10.1 Å². The number of carbonyl (C=O) groups is 2. The van der Waals surface area contributed by atoms with Crippen molar-refractivity contribution in [1.29, 1.82) is 0 Å². The second-order valence-electron chi connectivity index (χ2n) is 4.23. The van der Waals surface area contributed by atoms with Crippen LogP contribution in [-0.4, -0.2) is 18.5 Å². The van der Waals surface area contributed by atoms with Crippen LogP contribution >= 0.6 is 11.6 Å². The highest BCUT2D eigenvalue weighted by Crippen LogP contribution is 2.19. The molecular weight excluding hydrogens is 316 g/mol. The molecule has 0 aliphatic rings. The summed E-state index contributed by atoms with van der Waals surface area (Å²) in [6.07, 6.45) is 0. The Morgan fingerprint density at radius 1 is 1.09 bits per heavy atom. The Balaban J connectivity index is 1.94. The molecule has 0 aromatic heterocycles. The Hall–Kier alpha value is -2.47. The van der Waals surface area contributed by atoms with Crippen molar-refractivity contribution >= 4 is 29.2 Å². The molecule has 0 fully saturated rings. The average Bonchev–Trinajstić information content (AvgIpc) is 2.49. The molecule has 0 atom stereocenters. The largest absolute Gasteiger partial charge is 0.452 e. The van der Waals surface area contributed by atoms with Gasteiger partial charge in [0.25, 0.3) is 5.91 Å². The van der Waals surface area contributed by atoms with Gasteiger partial charge in [-0.2, -0.15) is 0 Å². The normalized spacial score (nSPS) is 10.1. The summed E-state index contributed by atoms with van der Waals surface area (Å²) < 4.78 is 31.4. The first kappa shape index (κ1) is 15.9. The number of nitrogens with one attached hydrogen (secondary N) is 1. The highest BCUT2D eigenvalue weighted by Gasteiger charge is 2.15. The number of esters is 1. The molecule has 1 amide bonds. The van der Waals surface area contributed by atoms with Crippen LogP contribution in [0.25, 0.3) is 0 Å². The fraction of sp³-hybridized carbons (Fsp3) is 0.0667. The Labute approximate surface area is 129 Å². The molecule has 0 aliphatic heterocycles. The minimum absolute atomic E-state index is 0.139. The van der Waals surface area contributed by atoms with Crippen molar-refractivity contribution < 1.29 is 23.1 Å². The number of carbonyl (C=O) groups excluding carboxylic acids is 2. The number of amides is 1. The lowest BCUT2D eigenvalue weighted by Crippen LogP contribution is -2.21. The van der Waals surface area contributed by atoms with Gasteiger partial charge >= 0.3 is 5.97 Å². The van der Waals surface area contributed by atoms with Gasteiger partial charge in [0, 0.05) is 5.02 Å². The lowest BCUT2D eigenvalue weighted by molar-refractivity contribution is -0.119. The van der Waals surface area contributed by atoms with Crippen molar-refractivity contribution in [2.75, 3.05) is 11.9 Å². The van der Waals surface area contributed by atoms with Gasteiger partial charge in [0.1, 0.15) is 11.6 Å². The maximum absolute atomic E-state index is 13.4. The third kappa shape index (κ3) is 4.02. The first-order valence-electron chi connectivity index (χ1n) is 6.14. The smallest absolute Gasteiger partial charge is 0.341 e. The molecule has 0 bridgehead atoms. The number of hydrogen-bond donors (Lipinski definition) is 1. The lowest BCUT2D eigenvalue weighted by Gasteiger charge is -2.08. The highest BCUT2D eigenvalue weighted by atomic mass is 35.5. The van der Waals surface area contributed by atoms with Gasteiger partial charge in [-0.15, -0.1) is 0 Å². The molecule has 114 valence electrons. The molecular formula is C15H10ClF2NO3. The Morgan fingerprint density at radius 2 is 1.82 bits per heavy atom. The molecule has 2 rings (SSSR count). The van der Waals surface area contributed by atoms with Crippen molar-refractivity contribution in [3.05, 3.63) is 64.7 Å². The van der Waals surface area contributed by atoms with Crippen LogP contribution in [0.15, 0.2) is 42.5 Å². The zero-order chi connectivity index (χ0) is 16.1. The summed E-state index contributed by atoms with van der Waals surface area (Å²) in [7, 11) is 0. The van der Waals surface area contributed by atoms with Crippen molar-refractivity contribution in [2.45, 2.75) is 0 Å². The van der Waals surface area contributed by atoms with Crippen LogP contribution in [0.2, 0.25) is 5.02 Å². The second-order valence-corrected chi connectivity index (χ2v) is 4.66. The van der Waals surface area contributed by atoms with E-state index in [1.54, 1.807) is 0 Å². The van der Waals surface area contributed by atoms with Gasteiger partial charge in [-0.25, -0.2) is 13.6 Å². The van der Waals surface area contributed by atoms with E-state index in [0.717, 1.165) is 12.1 Å². The van der Waals surface area contributed by atoms with Gasteiger partial charge in [-0.3, -0.25) is 4.79 Å². The second kappa shape index (κ2) is 7.00. The first-order chi connectivity index (χ1) is 10.5. The number of rotatable bonds is 4. The van der Waals surface area contributed by atoms with Gasteiger partial charge in [-0.05, 0) is 30.3 Å². The molecule has 7 heteroatoms. The lowest BCUT2D eigenvalue weighted by atomic mass is 10.2. The summed E-state index contributed by atoms with van der Waals surface area (Å²) >= 11 is 5.68. The Kier molecular flexibility index (Phi) is 5.06. The molecule has 4 nitrogen and oxygen atoms in total. The number of ether oxygens (including phenoxy) is 1. The highest BCUT2D eigenvalue weighted by molar-refractivity contribution is 6.30. The van der Waals surface area contributed by atoms with E-state index in [2.05, 4.69) is 10.1 Å². The fourth-order valence-corrected chi connectivity index (χ4v) is 1.79. The minimum atomic E-state index is -0.986. The van der Waals surface area contributed by atoms with Crippen LogP contribution < -0.4 is 5.32 Å². The summed E-state index contributed by atoms with van der Waals surface area (Å²) in [5, 5.41) is 2.44. The van der Waals surface area contributed by atoms with Crippen LogP contribution in [0.4, 0.5) is 14.5 Å². The number of hydrogen-bond acceptors (Lipinski definition) is 3. The van der Waals surface area contributed by atoms with Crippen LogP contribution in [0.1, 0.15) is 10.4 Å². The molecule has 2 aromatic carbocycles. The van der Waals surface area contributed by atoms with E-state index in [0.29, 0.717) is 0 Å². The molecule has 1 N–H and O–H groups in total. The van der Waals surface area contributed by atoms with Gasteiger partial charge in [0.2, 0.25) is 0 Å². The summed E-state index contributed by atoms with van der Waals surface area (Å²) in [4.78, 5) is 23.2. The molecule has 0 spiro atoms. The number of halogens is 3. The summed E-state index contributed by atoms with van der Waals surface area (Å²) in [6.45, 7) is -0.681. The zero-order valence-electron chi connectivity index (χ0n) is 11.1. The topological polar surface area (TPSA) is 55.4 Å². The standard InChI is InChI=1S/C15H10ClF2NO3/c16-9-5-6-12(18)13(7-9)19-14(20)8-22-15(21)10-3-1-2-4-11(10)17/h1-7H,8H2,(H,19,20). The van der Waals surface area contributed by atoms with Crippen molar-refractivity contribution in [2.24, 2.45) is 0 Å². The summed E-state index contributed by atoms with van der Waals surface area (Å²) in [5.74, 6) is -3.20. The molecule has 0 radical (unpaired) electrons. The van der Waals surface area contributed by atoms with E-state index in [9.17, 15) is 18.4 Å². The van der Waals surface area contributed by atoms with Gasteiger partial charge in [0.15, 0.2) is 6.61 Å². The van der Waals surface area contributed by atoms with Crippen LogP contribution in [0, 0.1) is 11.6 Å². The summed E-state index contributed by atoms with van der Waals surface area (Å²) in [6, 6.07) is 8.83. The monoisotopic (exact) mass is 325 g/mol. The van der Waals surface area contributed by atoms with E-state index in [-0.39, 0.29) is 16.3 Å². The number of anilines is 1. The molecule has 0 heterocycles. The maximum atomic E-state index is 13.4. The molecule has 22 heavy (non-hydrogen) atoms. The van der Waals surface area contributed by atoms with Crippen molar-refractivity contribution in [3.8, 4) is 0 Å². The van der Waals surface area contributed by atoms with Crippen LogP contribution in [-0.2, 0) is 9.53 Å². The predicted octanol–water partition coefficient (Wildman–Crippen LogP) is 3.41. The predicted molar refractivity (Wildman–Crippen MR) is 76.7 cm³/mol. The van der Waals surface area contributed by atoms with E-state index in [1.165, 1.54) is 30.3 Å². The quantitative estimate of drug-likeness (QED) is 0.876. The number of benzene rings is 2. The van der Waals surface area contributed by atoms with Gasteiger partial charge in [0.05, 0.1) is 11.3 Å². The first-order valence-corrected chi connectivity index (χ1v) is 6.51. The zero-order valence-corrected chi connectivity index (χ0v) is 11.9. The SMILES string of the molecule is O=C(COC(=O)c1ccccc1F)Nc1cc(Cl)ccc1F. The Bertz CT molecular complexity index is 722. The third-order valence-corrected chi connectivity index (χ3v) is 2.87. The molecule has 0 aliphatic carbocycles. The van der Waals surface area contributed by atoms with Crippen molar-refractivity contribution in [3.63, 3.8) is 0 Å². The minimum Gasteiger partial charge on any atom is -0.452 e. The maximum Gasteiger partial charge on any atom is 0.341 e. The molecule has 0 saturated heterocycles. The molecule has 2 aromatic rings. The summed E-state index contributed by atoms with van der Waals surface area (Å²) in [5.41, 5.74) is -0.427. The molecule has 0 unspecified atom stereocenters. The van der Waals surface area contributed by atoms with Gasteiger partial charge in [-0.1, -0.05) is 23.7 Å². The molecule has 0 saturated carbocycles. The Morgan fingerprint density at radius 3 is 2.55 bits per heavy atom. The van der Waals surface area contributed by atoms with Crippen LogP contribution in [0.5, 0.6) is 0 Å². The average molecular weight is 326 g/mol. The van der Waals surface area contributed by atoms with Crippen LogP contribution in [0.3, 0.4) is 0 Å². The third-order valence-electron chi connectivity index (χ3n) is 2.63. The van der Waals surface area contributed by atoms with E-state index in [4.69, 9.17) is 11.6 Å². The fourth-order valence-electron chi connectivity index (χ4n) is 1.62. The van der Waals surface area contributed by atoms with Crippen molar-refractivity contribution in [1.82, 2.24) is 0 Å². The van der Waals surface area contributed by atoms with E-state index in [1.807, 2.05) is 0 Å².